The Labute approximate surface area is 143 Å². The van der Waals surface area contributed by atoms with Crippen LogP contribution in [-0.4, -0.2) is 22.2 Å². The van der Waals surface area contributed by atoms with Gasteiger partial charge in [0, 0.05) is 24.3 Å². The maximum Gasteiger partial charge on any atom is 0.251 e. The average molecular weight is 323 g/mol. The molecule has 2 heterocycles. The summed E-state index contributed by atoms with van der Waals surface area (Å²) in [6, 6.07) is 8.30. The lowest BCUT2D eigenvalue weighted by molar-refractivity contribution is -0.120. The number of carbonyl (C=O) groups is 1. The normalized spacial score (nSPS) is 21.8. The highest BCUT2D eigenvalue weighted by molar-refractivity contribution is 5.98. The number of hydrogen-bond donors (Lipinski definition) is 0. The second-order valence-corrected chi connectivity index (χ2v) is 7.34. The van der Waals surface area contributed by atoms with Crippen molar-refractivity contribution < 1.29 is 4.79 Å². The van der Waals surface area contributed by atoms with E-state index < -0.39 is 0 Å². The van der Waals surface area contributed by atoms with Crippen molar-refractivity contribution in [3.63, 3.8) is 0 Å². The molecule has 2 aliphatic rings. The number of rotatable bonds is 3. The molecule has 1 aromatic carbocycles. The number of hydrogen-bond acceptors (Lipinski definition) is 2. The number of nitrogens with zero attached hydrogens (tertiary/aromatic N) is 3. The van der Waals surface area contributed by atoms with Crippen LogP contribution in [0.5, 0.6) is 0 Å². The van der Waals surface area contributed by atoms with Gasteiger partial charge in [-0.15, -0.1) is 0 Å². The summed E-state index contributed by atoms with van der Waals surface area (Å²) >= 11 is 0. The lowest BCUT2D eigenvalue weighted by Gasteiger charge is -2.18. The molecule has 1 aliphatic heterocycles. The molecule has 0 spiro atoms. The second-order valence-electron chi connectivity index (χ2n) is 7.34. The van der Waals surface area contributed by atoms with Crippen LogP contribution in [0.4, 0.5) is 5.69 Å². The average Bonchev–Trinajstić information content (AvgIpc) is 3.26. The van der Waals surface area contributed by atoms with Crippen LogP contribution in [0.1, 0.15) is 60.9 Å². The topological polar surface area (TPSA) is 38.1 Å². The molecule has 1 saturated carbocycles. The van der Waals surface area contributed by atoms with E-state index in [-0.39, 0.29) is 11.9 Å². The minimum Gasteiger partial charge on any atom is -0.310 e. The standard InChI is InChI=1S/C20H25N3O/c1-14-11-15(2)13-17(12-14)22-9-8-19(20(22)24)23-10-7-18(21-23)16-5-3-4-6-16/h7,10-13,16,19H,3-6,8-9H2,1-2H3. The zero-order valence-corrected chi connectivity index (χ0v) is 14.5. The molecule has 0 bridgehead atoms. The van der Waals surface area contributed by atoms with Crippen LogP contribution < -0.4 is 4.90 Å². The van der Waals surface area contributed by atoms with Gasteiger partial charge in [-0.2, -0.15) is 5.10 Å². The van der Waals surface area contributed by atoms with Gasteiger partial charge in [0.15, 0.2) is 0 Å². The van der Waals surface area contributed by atoms with Crippen molar-refractivity contribution in [2.45, 2.75) is 57.9 Å². The van der Waals surface area contributed by atoms with Crippen molar-refractivity contribution in [1.29, 1.82) is 0 Å². The fraction of sp³-hybridized carbons (Fsp3) is 0.500. The lowest BCUT2D eigenvalue weighted by Crippen LogP contribution is -2.28. The van der Waals surface area contributed by atoms with Crippen molar-refractivity contribution >= 4 is 11.6 Å². The molecular formula is C20H25N3O. The van der Waals surface area contributed by atoms with E-state index in [0.29, 0.717) is 5.92 Å². The predicted molar refractivity (Wildman–Crippen MR) is 95.4 cm³/mol. The van der Waals surface area contributed by atoms with E-state index in [4.69, 9.17) is 5.10 Å². The van der Waals surface area contributed by atoms with E-state index in [0.717, 1.165) is 18.7 Å². The number of amides is 1. The van der Waals surface area contributed by atoms with Crippen LogP contribution in [0.25, 0.3) is 0 Å². The first kappa shape index (κ1) is 15.4. The molecule has 24 heavy (non-hydrogen) atoms. The van der Waals surface area contributed by atoms with Gasteiger partial charge >= 0.3 is 0 Å². The highest BCUT2D eigenvalue weighted by Gasteiger charge is 2.35. The summed E-state index contributed by atoms with van der Waals surface area (Å²) in [5.74, 6) is 0.763. The minimum atomic E-state index is -0.152. The Morgan fingerprint density at radius 2 is 1.75 bits per heavy atom. The van der Waals surface area contributed by atoms with E-state index >= 15 is 0 Å². The molecule has 1 unspecified atom stereocenters. The summed E-state index contributed by atoms with van der Waals surface area (Å²) in [4.78, 5) is 14.8. The monoisotopic (exact) mass is 323 g/mol. The molecule has 0 N–H and O–H groups in total. The Morgan fingerprint density at radius 1 is 1.04 bits per heavy atom. The summed E-state index contributed by atoms with van der Waals surface area (Å²) in [7, 11) is 0. The second kappa shape index (κ2) is 6.08. The number of anilines is 1. The van der Waals surface area contributed by atoms with Crippen LogP contribution in [0, 0.1) is 13.8 Å². The third-order valence-corrected chi connectivity index (χ3v) is 5.42. The molecule has 2 fully saturated rings. The number of carbonyl (C=O) groups excluding carboxylic acids is 1. The first-order chi connectivity index (χ1) is 11.6. The van der Waals surface area contributed by atoms with E-state index in [1.807, 2.05) is 15.8 Å². The van der Waals surface area contributed by atoms with Gasteiger partial charge in [0.2, 0.25) is 0 Å². The summed E-state index contributed by atoms with van der Waals surface area (Å²) in [6.07, 6.45) is 7.92. The van der Waals surface area contributed by atoms with Crippen molar-refractivity contribution in [3.05, 3.63) is 47.3 Å². The summed E-state index contributed by atoms with van der Waals surface area (Å²) in [6.45, 7) is 4.93. The molecule has 126 valence electrons. The Balaban J connectivity index is 1.55. The summed E-state index contributed by atoms with van der Waals surface area (Å²) in [5.41, 5.74) is 4.58. The fourth-order valence-electron chi connectivity index (χ4n) is 4.24. The van der Waals surface area contributed by atoms with Crippen LogP contribution in [0.15, 0.2) is 30.5 Å². The first-order valence-electron chi connectivity index (χ1n) is 9.06. The van der Waals surface area contributed by atoms with Crippen LogP contribution in [-0.2, 0) is 4.79 Å². The maximum atomic E-state index is 12.9. The quantitative estimate of drug-likeness (QED) is 0.851. The van der Waals surface area contributed by atoms with Crippen molar-refractivity contribution in [1.82, 2.24) is 9.78 Å². The van der Waals surface area contributed by atoms with Gasteiger partial charge in [0.1, 0.15) is 6.04 Å². The van der Waals surface area contributed by atoms with Gasteiger partial charge < -0.3 is 4.90 Å². The molecule has 1 aromatic heterocycles. The Hall–Kier alpha value is -2.10. The Kier molecular flexibility index (Phi) is 3.91. The van der Waals surface area contributed by atoms with E-state index in [2.05, 4.69) is 38.1 Å². The summed E-state index contributed by atoms with van der Waals surface area (Å²) in [5, 5.41) is 4.76. The molecule has 4 nitrogen and oxygen atoms in total. The first-order valence-corrected chi connectivity index (χ1v) is 9.06. The van der Waals surface area contributed by atoms with Crippen molar-refractivity contribution in [2.75, 3.05) is 11.4 Å². The van der Waals surface area contributed by atoms with Gasteiger partial charge in [-0.25, -0.2) is 0 Å². The zero-order chi connectivity index (χ0) is 16.7. The number of aryl methyl sites for hydroxylation is 2. The van der Waals surface area contributed by atoms with E-state index in [9.17, 15) is 4.79 Å². The van der Waals surface area contributed by atoms with Crippen molar-refractivity contribution in [2.24, 2.45) is 0 Å². The largest absolute Gasteiger partial charge is 0.310 e. The number of benzene rings is 1. The molecule has 1 saturated heterocycles. The predicted octanol–water partition coefficient (Wildman–Crippen LogP) is 4.14. The third-order valence-electron chi connectivity index (χ3n) is 5.42. The molecule has 0 radical (unpaired) electrons. The minimum absolute atomic E-state index is 0.152. The van der Waals surface area contributed by atoms with Gasteiger partial charge in [-0.05, 0) is 62.4 Å². The van der Waals surface area contributed by atoms with E-state index in [1.165, 1.54) is 42.5 Å². The lowest BCUT2D eigenvalue weighted by atomic mass is 10.1. The fourth-order valence-corrected chi connectivity index (χ4v) is 4.24. The highest BCUT2D eigenvalue weighted by atomic mass is 16.2. The Morgan fingerprint density at radius 3 is 2.46 bits per heavy atom. The Bertz CT molecular complexity index is 738. The molecule has 1 amide bonds. The molecule has 2 aromatic rings. The summed E-state index contributed by atoms with van der Waals surface area (Å²) < 4.78 is 1.90. The van der Waals surface area contributed by atoms with Crippen LogP contribution in [0.2, 0.25) is 0 Å². The molecule has 1 aliphatic carbocycles. The molecule has 4 rings (SSSR count). The number of aromatic nitrogens is 2. The zero-order valence-electron chi connectivity index (χ0n) is 14.5. The highest BCUT2D eigenvalue weighted by Crippen LogP contribution is 2.34. The smallest absolute Gasteiger partial charge is 0.251 e. The van der Waals surface area contributed by atoms with Crippen LogP contribution >= 0.6 is 0 Å². The van der Waals surface area contributed by atoms with Gasteiger partial charge in [0.25, 0.3) is 5.91 Å². The molecule has 4 heteroatoms. The third kappa shape index (κ3) is 2.74. The van der Waals surface area contributed by atoms with Gasteiger partial charge in [-0.3, -0.25) is 9.48 Å². The molecule has 1 atom stereocenters. The SMILES string of the molecule is Cc1cc(C)cc(N2CCC(n3ccc(C4CCCC4)n3)C2=O)c1. The maximum absolute atomic E-state index is 12.9. The van der Waals surface area contributed by atoms with Gasteiger partial charge in [-0.1, -0.05) is 18.9 Å². The van der Waals surface area contributed by atoms with Crippen molar-refractivity contribution in [3.8, 4) is 0 Å². The van der Waals surface area contributed by atoms with Gasteiger partial charge in [0.05, 0.1) is 5.69 Å². The van der Waals surface area contributed by atoms with E-state index in [1.54, 1.807) is 0 Å². The molecular weight excluding hydrogens is 298 g/mol. The van der Waals surface area contributed by atoms with Crippen LogP contribution in [0.3, 0.4) is 0 Å².